The Balaban J connectivity index is 1.27. The Kier molecular flexibility index (Phi) is 6.60. The maximum absolute atomic E-state index is 2.41. The van der Waals surface area contributed by atoms with Crippen molar-refractivity contribution < 1.29 is 0 Å². The summed E-state index contributed by atoms with van der Waals surface area (Å²) in [6, 6.07) is 71.2. The summed E-state index contributed by atoms with van der Waals surface area (Å²) in [4.78, 5) is 0. The van der Waals surface area contributed by atoms with Crippen LogP contribution in [0.25, 0.3) is 98.4 Å². The molecule has 0 fully saturated rings. The van der Waals surface area contributed by atoms with E-state index in [1.54, 1.807) is 0 Å². The van der Waals surface area contributed by atoms with E-state index in [0.29, 0.717) is 0 Å². The first-order chi connectivity index (χ1) is 24.8. The van der Waals surface area contributed by atoms with E-state index >= 15 is 0 Å². The molecule has 0 heteroatoms. The van der Waals surface area contributed by atoms with Gasteiger partial charge in [-0.2, -0.15) is 0 Å². The van der Waals surface area contributed by atoms with Gasteiger partial charge in [0.1, 0.15) is 0 Å². The number of fused-ring (bicyclic) bond motifs is 8. The lowest BCUT2D eigenvalue weighted by molar-refractivity contribution is 1.60. The van der Waals surface area contributed by atoms with Gasteiger partial charge in [-0.25, -0.2) is 0 Å². The lowest BCUT2D eigenvalue weighted by Gasteiger charge is -2.21. The van der Waals surface area contributed by atoms with Gasteiger partial charge in [0, 0.05) is 0 Å². The highest BCUT2D eigenvalue weighted by molar-refractivity contribution is 6.26. The van der Waals surface area contributed by atoms with E-state index in [1.807, 2.05) is 0 Å². The Labute approximate surface area is 291 Å². The first kappa shape index (κ1) is 28.5. The third-order valence-corrected chi connectivity index (χ3v) is 10.5. The Bertz CT molecular complexity index is 2820. The molecule has 0 atom stereocenters. The van der Waals surface area contributed by atoms with Crippen molar-refractivity contribution in [3.63, 3.8) is 0 Å². The molecule has 0 amide bonds. The van der Waals surface area contributed by atoms with Crippen LogP contribution >= 0.6 is 0 Å². The molecule has 0 N–H and O–H groups in total. The molecule has 0 saturated heterocycles. The van der Waals surface area contributed by atoms with E-state index in [2.05, 4.69) is 194 Å². The molecular weight excluding hydrogens is 601 g/mol. The molecule has 0 spiro atoms. The Morgan fingerprint density at radius 1 is 0.180 bits per heavy atom. The summed E-state index contributed by atoms with van der Waals surface area (Å²) < 4.78 is 0. The molecule has 0 aromatic heterocycles. The van der Waals surface area contributed by atoms with Gasteiger partial charge < -0.3 is 0 Å². The maximum atomic E-state index is 2.41. The number of benzene rings is 10. The van der Waals surface area contributed by atoms with Gasteiger partial charge in [0.25, 0.3) is 0 Å². The van der Waals surface area contributed by atoms with Crippen LogP contribution in [0.1, 0.15) is 0 Å². The van der Waals surface area contributed by atoms with Gasteiger partial charge in [0.05, 0.1) is 0 Å². The van der Waals surface area contributed by atoms with E-state index in [4.69, 9.17) is 0 Å². The molecule has 10 rings (SSSR count). The number of hydrogen-bond acceptors (Lipinski definition) is 0. The predicted molar refractivity (Wildman–Crippen MR) is 216 cm³/mol. The molecular formula is C50H32. The maximum Gasteiger partial charge on any atom is -0.00201 e. The van der Waals surface area contributed by atoms with E-state index in [-0.39, 0.29) is 0 Å². The fourth-order valence-electron chi connectivity index (χ4n) is 8.31. The van der Waals surface area contributed by atoms with Crippen LogP contribution in [-0.4, -0.2) is 0 Å². The highest BCUT2D eigenvalue weighted by atomic mass is 14.2. The molecule has 0 bridgehead atoms. The second kappa shape index (κ2) is 11.6. The lowest BCUT2D eigenvalue weighted by atomic mass is 9.82. The second-order valence-corrected chi connectivity index (χ2v) is 13.1. The normalized spacial score (nSPS) is 11.6. The molecule has 0 radical (unpaired) electrons. The Hall–Kier alpha value is -6.50. The number of rotatable bonds is 4. The third kappa shape index (κ3) is 4.39. The predicted octanol–water partition coefficient (Wildman–Crippen LogP) is 14.1. The van der Waals surface area contributed by atoms with Crippen LogP contribution in [0.2, 0.25) is 0 Å². The Morgan fingerprint density at radius 2 is 0.500 bits per heavy atom. The molecule has 0 heterocycles. The summed E-state index contributed by atoms with van der Waals surface area (Å²) in [5.74, 6) is 0. The van der Waals surface area contributed by atoms with Crippen molar-refractivity contribution in [2.24, 2.45) is 0 Å². The van der Waals surface area contributed by atoms with Gasteiger partial charge in [-0.1, -0.05) is 188 Å². The summed E-state index contributed by atoms with van der Waals surface area (Å²) in [5.41, 5.74) is 9.97. The van der Waals surface area contributed by atoms with E-state index < -0.39 is 0 Å². The summed E-state index contributed by atoms with van der Waals surface area (Å²) >= 11 is 0. The summed E-state index contributed by atoms with van der Waals surface area (Å²) in [5, 5.41) is 12.8. The van der Waals surface area contributed by atoms with Crippen LogP contribution in [0.15, 0.2) is 194 Å². The highest BCUT2D eigenvalue weighted by Gasteiger charge is 2.20. The Morgan fingerprint density at radius 3 is 0.960 bits per heavy atom. The van der Waals surface area contributed by atoms with Crippen LogP contribution in [0.3, 0.4) is 0 Å². The second-order valence-electron chi connectivity index (χ2n) is 13.1. The van der Waals surface area contributed by atoms with Crippen molar-refractivity contribution in [2.45, 2.75) is 0 Å². The van der Waals surface area contributed by atoms with Gasteiger partial charge in [0.2, 0.25) is 0 Å². The molecule has 0 aliphatic heterocycles. The first-order valence-electron chi connectivity index (χ1n) is 17.4. The fraction of sp³-hybridized carbons (Fsp3) is 0. The molecule has 10 aromatic rings. The molecule has 0 nitrogen and oxygen atoms in total. The zero-order valence-corrected chi connectivity index (χ0v) is 27.5. The molecule has 10 aromatic carbocycles. The zero-order valence-electron chi connectivity index (χ0n) is 27.5. The first-order valence-corrected chi connectivity index (χ1v) is 17.4. The minimum atomic E-state index is 1.22. The van der Waals surface area contributed by atoms with Crippen LogP contribution in [0, 0.1) is 0 Å². The van der Waals surface area contributed by atoms with Crippen molar-refractivity contribution in [3.05, 3.63) is 194 Å². The minimum absolute atomic E-state index is 1.22. The quantitative estimate of drug-likeness (QED) is 0.134. The molecule has 232 valence electrons. The summed E-state index contributed by atoms with van der Waals surface area (Å²) in [6.45, 7) is 0. The van der Waals surface area contributed by atoms with E-state index in [9.17, 15) is 0 Å². The van der Waals surface area contributed by atoms with Gasteiger partial charge in [-0.05, 0) is 104 Å². The topological polar surface area (TPSA) is 0 Å². The lowest BCUT2D eigenvalue weighted by Crippen LogP contribution is -1.94. The van der Waals surface area contributed by atoms with Crippen LogP contribution in [-0.2, 0) is 0 Å². The largest absolute Gasteiger partial charge is 0.0622 e. The fourth-order valence-corrected chi connectivity index (χ4v) is 8.31. The van der Waals surface area contributed by atoms with Crippen LogP contribution in [0.4, 0.5) is 0 Å². The average molecular weight is 633 g/mol. The van der Waals surface area contributed by atoms with Gasteiger partial charge in [-0.15, -0.1) is 0 Å². The zero-order chi connectivity index (χ0) is 33.0. The van der Waals surface area contributed by atoms with Crippen molar-refractivity contribution in [1.29, 1.82) is 0 Å². The minimum Gasteiger partial charge on any atom is -0.0622 e. The summed E-state index contributed by atoms with van der Waals surface area (Å²) in [6.07, 6.45) is 0. The highest BCUT2D eigenvalue weighted by Crippen LogP contribution is 2.48. The van der Waals surface area contributed by atoms with Crippen molar-refractivity contribution in [3.8, 4) is 44.5 Å². The standard InChI is InChI=1S/C50H32/c1-2-16-33(17-3-1)35-18-4-10-24-42(35)49-44-26-12-14-28-46(44)50(47-29-15-13-27-45(47)49)43-25-11-5-19-36(43)34-30-31-41-39-22-7-6-20-37(39)38-21-8-9-23-40(38)48(41)32-34/h1-32H. The molecule has 0 unspecified atom stereocenters. The van der Waals surface area contributed by atoms with Crippen molar-refractivity contribution in [1.82, 2.24) is 0 Å². The van der Waals surface area contributed by atoms with Gasteiger partial charge >= 0.3 is 0 Å². The van der Waals surface area contributed by atoms with Gasteiger partial charge in [0.15, 0.2) is 0 Å². The van der Waals surface area contributed by atoms with Crippen molar-refractivity contribution >= 4 is 53.9 Å². The number of hydrogen-bond donors (Lipinski definition) is 0. The average Bonchev–Trinajstić information content (AvgIpc) is 3.20. The monoisotopic (exact) mass is 632 g/mol. The van der Waals surface area contributed by atoms with Crippen molar-refractivity contribution in [2.75, 3.05) is 0 Å². The summed E-state index contributed by atoms with van der Waals surface area (Å²) in [7, 11) is 0. The third-order valence-electron chi connectivity index (χ3n) is 10.5. The molecule has 0 saturated carbocycles. The van der Waals surface area contributed by atoms with E-state index in [1.165, 1.54) is 98.4 Å². The van der Waals surface area contributed by atoms with Crippen LogP contribution in [0.5, 0.6) is 0 Å². The van der Waals surface area contributed by atoms with Crippen LogP contribution < -0.4 is 0 Å². The SMILES string of the molecule is c1ccc(-c2ccccc2-c2c3ccccc3c(-c3ccccc3-c3ccc4c5ccccc5c5ccccc5c4c3)c3ccccc23)cc1. The van der Waals surface area contributed by atoms with Gasteiger partial charge in [-0.3, -0.25) is 0 Å². The van der Waals surface area contributed by atoms with E-state index in [0.717, 1.165) is 0 Å². The smallest absolute Gasteiger partial charge is 0.00201 e. The molecule has 0 aliphatic rings. The molecule has 50 heavy (non-hydrogen) atoms. The molecule has 0 aliphatic carbocycles.